The zero-order chi connectivity index (χ0) is 16.0. The van der Waals surface area contributed by atoms with Gasteiger partial charge in [0.1, 0.15) is 0 Å². The number of halogens is 2. The molecule has 0 spiro atoms. The first-order valence-electron chi connectivity index (χ1n) is 11.3. The summed E-state index contributed by atoms with van der Waals surface area (Å²) in [4.78, 5) is 5.89. The first-order chi connectivity index (χ1) is 11.8. The summed E-state index contributed by atoms with van der Waals surface area (Å²) in [5.74, 6) is 3.29. The highest BCUT2D eigenvalue weighted by Gasteiger charge is 2.53. The number of hydrogen-bond donors (Lipinski definition) is 0. The Morgan fingerprint density at radius 1 is 0.577 bits per heavy atom. The molecule has 1 heterocycles. The van der Waals surface area contributed by atoms with E-state index in [0.717, 1.165) is 23.8 Å². The van der Waals surface area contributed by atoms with Crippen LogP contribution in [0, 0.1) is 17.8 Å². The van der Waals surface area contributed by atoms with Gasteiger partial charge < -0.3 is 0 Å². The Hall–Kier alpha value is 0.500. The molecule has 152 valence electrons. The maximum Gasteiger partial charge on any atom is 0.0218 e. The first-order valence-corrected chi connectivity index (χ1v) is 11.3. The number of nitrogens with zero attached hydrogens (tertiary/aromatic N) is 2. The third-order valence-electron chi connectivity index (χ3n) is 8.58. The highest BCUT2D eigenvalue weighted by molar-refractivity contribution is 5.85. The molecule has 0 aromatic carbocycles. The molecule has 0 aromatic heterocycles. The number of piperazine rings is 1. The van der Waals surface area contributed by atoms with Gasteiger partial charge in [-0.25, -0.2) is 0 Å². The average molecular weight is 403 g/mol. The molecule has 5 aliphatic carbocycles. The largest absolute Gasteiger partial charge is 0.298 e. The van der Waals surface area contributed by atoms with Crippen LogP contribution in [0.15, 0.2) is 0 Å². The summed E-state index contributed by atoms with van der Waals surface area (Å²) in [6, 6.07) is 0.920. The number of hydrogen-bond acceptors (Lipinski definition) is 2. The van der Waals surface area contributed by atoms with Crippen LogP contribution in [0.1, 0.15) is 83.5 Å². The summed E-state index contributed by atoms with van der Waals surface area (Å²) >= 11 is 0. The molecule has 1 saturated heterocycles. The lowest BCUT2D eigenvalue weighted by Gasteiger charge is -2.62. The fourth-order valence-electron chi connectivity index (χ4n) is 7.81. The van der Waals surface area contributed by atoms with Crippen molar-refractivity contribution in [2.45, 2.75) is 95.1 Å². The molecule has 5 saturated carbocycles. The van der Waals surface area contributed by atoms with Crippen LogP contribution in [-0.4, -0.2) is 47.6 Å². The van der Waals surface area contributed by atoms with Crippen LogP contribution in [0.4, 0.5) is 0 Å². The van der Waals surface area contributed by atoms with Gasteiger partial charge in [0.15, 0.2) is 0 Å². The van der Waals surface area contributed by atoms with Gasteiger partial charge in [0.05, 0.1) is 0 Å². The Morgan fingerprint density at radius 3 is 1.54 bits per heavy atom. The van der Waals surface area contributed by atoms with Crippen LogP contribution in [0.3, 0.4) is 0 Å². The minimum Gasteiger partial charge on any atom is -0.298 e. The smallest absolute Gasteiger partial charge is 0.0218 e. The monoisotopic (exact) mass is 402 g/mol. The fourth-order valence-corrected chi connectivity index (χ4v) is 7.81. The molecule has 0 atom stereocenters. The molecule has 0 N–H and O–H groups in total. The van der Waals surface area contributed by atoms with Gasteiger partial charge in [0.25, 0.3) is 0 Å². The quantitative estimate of drug-likeness (QED) is 0.598. The van der Waals surface area contributed by atoms with Crippen LogP contribution in [-0.2, 0) is 0 Å². The summed E-state index contributed by atoms with van der Waals surface area (Å²) < 4.78 is 0. The second-order valence-corrected chi connectivity index (χ2v) is 10.2. The normalized spacial score (nSPS) is 41.8. The number of rotatable bonds is 2. The molecule has 0 unspecified atom stereocenters. The highest BCUT2D eigenvalue weighted by Crippen LogP contribution is 2.57. The Kier molecular flexibility index (Phi) is 7.25. The minimum atomic E-state index is 0. The van der Waals surface area contributed by atoms with Crippen molar-refractivity contribution in [3.05, 3.63) is 0 Å². The second kappa shape index (κ2) is 8.89. The lowest BCUT2D eigenvalue weighted by molar-refractivity contribution is -0.104. The molecule has 6 rings (SSSR count). The van der Waals surface area contributed by atoms with E-state index in [0.29, 0.717) is 5.54 Å². The van der Waals surface area contributed by atoms with Gasteiger partial charge >= 0.3 is 0 Å². The van der Waals surface area contributed by atoms with Crippen molar-refractivity contribution in [2.24, 2.45) is 17.8 Å². The molecular formula is C22H40Cl2N2. The van der Waals surface area contributed by atoms with Crippen molar-refractivity contribution < 1.29 is 0 Å². The average Bonchev–Trinajstić information content (AvgIpc) is 2.53. The zero-order valence-electron chi connectivity index (χ0n) is 16.5. The predicted octanol–water partition coefficient (Wildman–Crippen LogP) is 5.53. The van der Waals surface area contributed by atoms with E-state index in [9.17, 15) is 0 Å². The third kappa shape index (κ3) is 4.09. The van der Waals surface area contributed by atoms with E-state index >= 15 is 0 Å². The SMILES string of the molecule is C1CCCC(N2CCN(C34CC5CC(CC(C5)C3)C4)CC2)CCC1.Cl.Cl. The van der Waals surface area contributed by atoms with Gasteiger partial charge in [-0.15, -0.1) is 24.8 Å². The summed E-state index contributed by atoms with van der Waals surface area (Å²) in [6.07, 6.45) is 19.8. The van der Waals surface area contributed by atoms with E-state index in [1.165, 1.54) is 71.1 Å². The Bertz CT molecular complexity index is 404. The van der Waals surface area contributed by atoms with Crippen molar-refractivity contribution >= 4 is 24.8 Å². The third-order valence-corrected chi connectivity index (χ3v) is 8.58. The van der Waals surface area contributed by atoms with Crippen molar-refractivity contribution in [3.63, 3.8) is 0 Å². The lowest BCUT2D eigenvalue weighted by atomic mass is 9.52. The summed E-state index contributed by atoms with van der Waals surface area (Å²) in [5.41, 5.74) is 0.655. The van der Waals surface area contributed by atoms with Crippen LogP contribution in [0.2, 0.25) is 0 Å². The Labute approximate surface area is 173 Å². The topological polar surface area (TPSA) is 6.48 Å². The summed E-state index contributed by atoms with van der Waals surface area (Å²) in [5, 5.41) is 0. The molecular weight excluding hydrogens is 363 g/mol. The zero-order valence-corrected chi connectivity index (χ0v) is 18.2. The van der Waals surface area contributed by atoms with Crippen LogP contribution < -0.4 is 0 Å². The van der Waals surface area contributed by atoms with Crippen LogP contribution in [0.25, 0.3) is 0 Å². The van der Waals surface area contributed by atoms with Crippen LogP contribution in [0.5, 0.6) is 0 Å². The summed E-state index contributed by atoms with van der Waals surface area (Å²) in [6.45, 7) is 5.49. The second-order valence-electron chi connectivity index (χ2n) is 10.2. The minimum absolute atomic E-state index is 0. The molecule has 4 bridgehead atoms. The molecule has 0 amide bonds. The Morgan fingerprint density at radius 2 is 1.04 bits per heavy atom. The highest BCUT2D eigenvalue weighted by atomic mass is 35.5. The molecule has 0 aromatic rings. The fraction of sp³-hybridized carbons (Fsp3) is 1.00. The predicted molar refractivity (Wildman–Crippen MR) is 115 cm³/mol. The molecule has 6 fully saturated rings. The maximum atomic E-state index is 3.00. The van der Waals surface area contributed by atoms with E-state index in [4.69, 9.17) is 0 Å². The van der Waals surface area contributed by atoms with Gasteiger partial charge in [0.2, 0.25) is 0 Å². The van der Waals surface area contributed by atoms with E-state index < -0.39 is 0 Å². The van der Waals surface area contributed by atoms with Gasteiger partial charge in [0, 0.05) is 37.8 Å². The standard InChI is InChI=1S/C22H38N2.2ClH/c1-2-4-6-21(7-5-3-1)23-8-10-24(11-9-23)22-15-18-12-19(16-22)14-20(13-18)17-22;;/h18-21H,1-17H2;2*1H. The molecule has 26 heavy (non-hydrogen) atoms. The maximum absolute atomic E-state index is 3.00. The van der Waals surface area contributed by atoms with Gasteiger partial charge in [-0.05, 0) is 69.1 Å². The molecule has 6 aliphatic rings. The van der Waals surface area contributed by atoms with Crippen molar-refractivity contribution in [2.75, 3.05) is 26.2 Å². The van der Waals surface area contributed by atoms with Crippen molar-refractivity contribution in [3.8, 4) is 0 Å². The summed E-state index contributed by atoms with van der Waals surface area (Å²) in [7, 11) is 0. The first kappa shape index (κ1) is 21.2. The molecule has 0 radical (unpaired) electrons. The van der Waals surface area contributed by atoms with E-state index in [1.807, 2.05) is 0 Å². The lowest BCUT2D eigenvalue weighted by Crippen LogP contribution is -2.64. The van der Waals surface area contributed by atoms with E-state index in [2.05, 4.69) is 9.80 Å². The van der Waals surface area contributed by atoms with E-state index in [1.54, 1.807) is 38.5 Å². The molecule has 4 heteroatoms. The van der Waals surface area contributed by atoms with Crippen molar-refractivity contribution in [1.29, 1.82) is 0 Å². The molecule has 1 aliphatic heterocycles. The van der Waals surface area contributed by atoms with E-state index in [-0.39, 0.29) is 24.8 Å². The van der Waals surface area contributed by atoms with Gasteiger partial charge in [-0.3, -0.25) is 9.80 Å². The van der Waals surface area contributed by atoms with Gasteiger partial charge in [-0.1, -0.05) is 32.1 Å². The van der Waals surface area contributed by atoms with Crippen LogP contribution >= 0.6 is 24.8 Å². The Balaban J connectivity index is 0.000000980. The molecule has 2 nitrogen and oxygen atoms in total. The van der Waals surface area contributed by atoms with Gasteiger partial charge in [-0.2, -0.15) is 0 Å². The van der Waals surface area contributed by atoms with Crippen molar-refractivity contribution in [1.82, 2.24) is 9.80 Å².